The number of hydrogen-bond donors (Lipinski definition) is 1. The van der Waals surface area contributed by atoms with Crippen molar-refractivity contribution in [3.05, 3.63) is 51.8 Å². The van der Waals surface area contributed by atoms with Gasteiger partial charge in [0.15, 0.2) is 0 Å². The Morgan fingerprint density at radius 1 is 1.25 bits per heavy atom. The third-order valence-electron chi connectivity index (χ3n) is 2.42. The molecule has 1 aromatic heterocycles. The summed E-state index contributed by atoms with van der Waals surface area (Å²) in [6.07, 6.45) is 1.74. The number of aromatic amines is 1. The van der Waals surface area contributed by atoms with Gasteiger partial charge in [-0.2, -0.15) is 0 Å². The highest BCUT2D eigenvalue weighted by Gasteiger charge is 2.05. The second-order valence-corrected chi connectivity index (χ2v) is 4.47. The molecule has 0 saturated heterocycles. The summed E-state index contributed by atoms with van der Waals surface area (Å²) in [5.41, 5.74) is 2.21. The van der Waals surface area contributed by atoms with Gasteiger partial charge < -0.3 is 4.98 Å². The molecule has 0 amide bonds. The topological polar surface area (TPSA) is 28.7 Å². The maximum atomic E-state index is 12.7. The first-order valence-corrected chi connectivity index (χ1v) is 5.90. The minimum Gasteiger partial charge on any atom is -0.345 e. The molecule has 16 heavy (non-hydrogen) atoms. The van der Waals surface area contributed by atoms with Gasteiger partial charge in [0.2, 0.25) is 0 Å². The highest BCUT2D eigenvalue weighted by atomic mass is 79.9. The van der Waals surface area contributed by atoms with Gasteiger partial charge in [-0.3, -0.25) is 0 Å². The molecule has 0 atom stereocenters. The Balaban J connectivity index is 2.02. The van der Waals surface area contributed by atoms with Gasteiger partial charge in [0.1, 0.15) is 16.2 Å². The van der Waals surface area contributed by atoms with Gasteiger partial charge in [-0.15, -0.1) is 0 Å². The molecule has 1 heterocycles. The molecule has 0 bridgehead atoms. The van der Waals surface area contributed by atoms with E-state index in [0.29, 0.717) is 0 Å². The van der Waals surface area contributed by atoms with Crippen LogP contribution in [-0.4, -0.2) is 9.97 Å². The monoisotopic (exact) mass is 282 g/mol. The molecule has 0 fully saturated rings. The third-order valence-corrected chi connectivity index (χ3v) is 3.08. The predicted molar refractivity (Wildman–Crippen MR) is 64.8 cm³/mol. The number of benzene rings is 1. The van der Waals surface area contributed by atoms with Gasteiger partial charge in [0, 0.05) is 5.69 Å². The molecule has 0 aliphatic carbocycles. The normalized spacial score (nSPS) is 10.7. The Labute approximate surface area is 102 Å². The summed E-state index contributed by atoms with van der Waals surface area (Å²) < 4.78 is 13.6. The molecule has 0 spiro atoms. The minimum atomic E-state index is -0.192. The SMILES string of the molecule is Cc1nc(Br)c(CCc2ccc(F)cc2)[nH]1. The molecule has 2 aromatic rings. The molecule has 0 aliphatic heterocycles. The van der Waals surface area contributed by atoms with Crippen LogP contribution < -0.4 is 0 Å². The number of nitrogens with zero attached hydrogens (tertiary/aromatic N) is 1. The fourth-order valence-electron chi connectivity index (χ4n) is 1.60. The smallest absolute Gasteiger partial charge is 0.127 e. The van der Waals surface area contributed by atoms with Crippen molar-refractivity contribution in [2.75, 3.05) is 0 Å². The van der Waals surface area contributed by atoms with Crippen molar-refractivity contribution >= 4 is 15.9 Å². The van der Waals surface area contributed by atoms with Gasteiger partial charge >= 0.3 is 0 Å². The Bertz CT molecular complexity index is 476. The first kappa shape index (κ1) is 11.3. The molecule has 1 N–H and O–H groups in total. The van der Waals surface area contributed by atoms with Crippen LogP contribution >= 0.6 is 15.9 Å². The minimum absolute atomic E-state index is 0.192. The summed E-state index contributed by atoms with van der Waals surface area (Å²) in [6, 6.07) is 6.60. The Morgan fingerprint density at radius 3 is 2.50 bits per heavy atom. The fourth-order valence-corrected chi connectivity index (χ4v) is 2.16. The number of aryl methyl sites for hydroxylation is 3. The van der Waals surface area contributed by atoms with Crippen molar-refractivity contribution in [1.29, 1.82) is 0 Å². The molecule has 84 valence electrons. The lowest BCUT2D eigenvalue weighted by molar-refractivity contribution is 0.627. The number of rotatable bonds is 3. The van der Waals surface area contributed by atoms with Crippen LogP contribution in [0.3, 0.4) is 0 Å². The fraction of sp³-hybridized carbons (Fsp3) is 0.250. The maximum Gasteiger partial charge on any atom is 0.127 e. The second kappa shape index (κ2) is 4.78. The molecule has 0 saturated carbocycles. The highest BCUT2D eigenvalue weighted by molar-refractivity contribution is 9.10. The average Bonchev–Trinajstić information content (AvgIpc) is 2.57. The lowest BCUT2D eigenvalue weighted by Gasteiger charge is -2.00. The second-order valence-electron chi connectivity index (χ2n) is 3.72. The summed E-state index contributed by atoms with van der Waals surface area (Å²) in [4.78, 5) is 7.43. The zero-order chi connectivity index (χ0) is 11.5. The molecular formula is C12H12BrFN2. The van der Waals surface area contributed by atoms with Crippen LogP contribution in [0.5, 0.6) is 0 Å². The molecule has 2 nitrogen and oxygen atoms in total. The van der Waals surface area contributed by atoms with Crippen molar-refractivity contribution < 1.29 is 4.39 Å². The van der Waals surface area contributed by atoms with Gasteiger partial charge in [0.25, 0.3) is 0 Å². The summed E-state index contributed by atoms with van der Waals surface area (Å²) in [5.74, 6) is 0.711. The van der Waals surface area contributed by atoms with Crippen LogP contribution in [0.1, 0.15) is 17.1 Å². The van der Waals surface area contributed by atoms with Crippen LogP contribution in [0.4, 0.5) is 4.39 Å². The van der Waals surface area contributed by atoms with E-state index in [1.807, 2.05) is 19.1 Å². The van der Waals surface area contributed by atoms with E-state index >= 15 is 0 Å². The first-order chi connectivity index (χ1) is 7.65. The molecule has 0 radical (unpaired) electrons. The van der Waals surface area contributed by atoms with Crippen LogP contribution in [0.15, 0.2) is 28.9 Å². The first-order valence-electron chi connectivity index (χ1n) is 5.10. The highest BCUT2D eigenvalue weighted by Crippen LogP contribution is 2.15. The van der Waals surface area contributed by atoms with Gasteiger partial charge in [-0.1, -0.05) is 12.1 Å². The molecule has 0 aliphatic rings. The Kier molecular flexibility index (Phi) is 3.39. The average molecular weight is 283 g/mol. The van der Waals surface area contributed by atoms with Crippen LogP contribution in [0, 0.1) is 12.7 Å². The van der Waals surface area contributed by atoms with E-state index in [1.54, 1.807) is 0 Å². The summed E-state index contributed by atoms with van der Waals surface area (Å²) >= 11 is 3.40. The van der Waals surface area contributed by atoms with E-state index in [2.05, 4.69) is 25.9 Å². The van der Waals surface area contributed by atoms with Crippen LogP contribution in [0.25, 0.3) is 0 Å². The quantitative estimate of drug-likeness (QED) is 0.918. The van der Waals surface area contributed by atoms with Crippen molar-refractivity contribution in [2.24, 2.45) is 0 Å². The Morgan fingerprint density at radius 2 is 1.94 bits per heavy atom. The summed E-state index contributed by atoms with van der Waals surface area (Å²) in [7, 11) is 0. The maximum absolute atomic E-state index is 12.7. The number of aromatic nitrogens is 2. The lowest BCUT2D eigenvalue weighted by atomic mass is 10.1. The van der Waals surface area contributed by atoms with Crippen molar-refractivity contribution in [3.8, 4) is 0 Å². The molecule has 1 aromatic carbocycles. The van der Waals surface area contributed by atoms with Crippen molar-refractivity contribution in [2.45, 2.75) is 19.8 Å². The van der Waals surface area contributed by atoms with E-state index in [9.17, 15) is 4.39 Å². The van der Waals surface area contributed by atoms with Gasteiger partial charge in [0.05, 0.1) is 0 Å². The summed E-state index contributed by atoms with van der Waals surface area (Å²) in [6.45, 7) is 1.92. The third kappa shape index (κ3) is 2.70. The molecular weight excluding hydrogens is 271 g/mol. The number of imidazole rings is 1. The van der Waals surface area contributed by atoms with E-state index in [0.717, 1.165) is 34.5 Å². The Hall–Kier alpha value is -1.16. The van der Waals surface area contributed by atoms with E-state index in [4.69, 9.17) is 0 Å². The summed E-state index contributed by atoms with van der Waals surface area (Å²) in [5, 5.41) is 0. The van der Waals surface area contributed by atoms with Crippen LogP contribution in [-0.2, 0) is 12.8 Å². The standard InChI is InChI=1S/C12H12BrFN2/c1-8-15-11(12(13)16-8)7-4-9-2-5-10(14)6-3-9/h2-3,5-6H,4,7H2,1H3,(H,15,16). The lowest BCUT2D eigenvalue weighted by Crippen LogP contribution is -1.92. The number of hydrogen-bond acceptors (Lipinski definition) is 1. The van der Waals surface area contributed by atoms with E-state index < -0.39 is 0 Å². The number of halogens is 2. The van der Waals surface area contributed by atoms with Crippen molar-refractivity contribution in [1.82, 2.24) is 9.97 Å². The number of H-pyrrole nitrogens is 1. The zero-order valence-electron chi connectivity index (χ0n) is 8.93. The van der Waals surface area contributed by atoms with Crippen LogP contribution in [0.2, 0.25) is 0 Å². The van der Waals surface area contributed by atoms with Gasteiger partial charge in [-0.25, -0.2) is 9.37 Å². The van der Waals surface area contributed by atoms with E-state index in [-0.39, 0.29) is 5.82 Å². The number of nitrogens with one attached hydrogen (secondary N) is 1. The largest absolute Gasteiger partial charge is 0.345 e. The molecule has 0 unspecified atom stereocenters. The molecule has 2 rings (SSSR count). The predicted octanol–water partition coefficient (Wildman–Crippen LogP) is 3.40. The van der Waals surface area contributed by atoms with Gasteiger partial charge in [-0.05, 0) is 53.4 Å². The van der Waals surface area contributed by atoms with E-state index in [1.165, 1.54) is 12.1 Å². The molecule has 4 heteroatoms. The van der Waals surface area contributed by atoms with Crippen molar-refractivity contribution in [3.63, 3.8) is 0 Å². The zero-order valence-corrected chi connectivity index (χ0v) is 10.5.